The molecule has 1 saturated carbocycles. The summed E-state index contributed by atoms with van der Waals surface area (Å²) < 4.78 is 0. The molecule has 1 aliphatic carbocycles. The molecule has 0 heterocycles. The fourth-order valence-corrected chi connectivity index (χ4v) is 2.83. The summed E-state index contributed by atoms with van der Waals surface area (Å²) in [6.45, 7) is 1.15. The number of nitrogens with one attached hydrogen (secondary N) is 1. The van der Waals surface area contributed by atoms with Crippen molar-refractivity contribution < 1.29 is 9.90 Å². The lowest BCUT2D eigenvalue weighted by molar-refractivity contribution is 0.0932. The second-order valence-electron chi connectivity index (χ2n) is 5.26. The van der Waals surface area contributed by atoms with E-state index in [0.717, 1.165) is 12.8 Å². The van der Waals surface area contributed by atoms with Crippen LogP contribution in [0.15, 0.2) is 18.2 Å². The molecule has 0 aliphatic heterocycles. The fourth-order valence-electron chi connectivity index (χ4n) is 2.63. The minimum Gasteiger partial charge on any atom is -0.508 e. The molecule has 5 heteroatoms. The number of rotatable bonds is 4. The highest BCUT2D eigenvalue weighted by Gasteiger charge is 2.32. The van der Waals surface area contributed by atoms with E-state index in [1.165, 1.54) is 31.0 Å². The van der Waals surface area contributed by atoms with Crippen LogP contribution < -0.4 is 11.1 Å². The molecule has 1 aliphatic rings. The Kier molecular flexibility index (Phi) is 4.32. The topological polar surface area (TPSA) is 75.3 Å². The lowest BCUT2D eigenvalue weighted by Crippen LogP contribution is -2.40. The first-order valence-electron chi connectivity index (χ1n) is 6.53. The number of carbonyl (C=O) groups excluding carboxylic acids is 1. The van der Waals surface area contributed by atoms with Crippen LogP contribution in [-0.2, 0) is 0 Å². The summed E-state index contributed by atoms with van der Waals surface area (Å²) in [7, 11) is 0. The maximum Gasteiger partial charge on any atom is 0.252 e. The zero-order chi connectivity index (χ0) is 13.9. The third-order valence-electron chi connectivity index (χ3n) is 3.92. The van der Waals surface area contributed by atoms with Crippen LogP contribution in [0.4, 0.5) is 0 Å². The van der Waals surface area contributed by atoms with Crippen LogP contribution in [0.1, 0.15) is 36.0 Å². The van der Waals surface area contributed by atoms with Crippen molar-refractivity contribution >= 4 is 17.5 Å². The second kappa shape index (κ2) is 5.80. The van der Waals surface area contributed by atoms with Crippen molar-refractivity contribution in [1.82, 2.24) is 5.32 Å². The zero-order valence-electron chi connectivity index (χ0n) is 10.8. The van der Waals surface area contributed by atoms with Gasteiger partial charge in [-0.05, 0) is 43.0 Å². The number of carbonyl (C=O) groups is 1. The smallest absolute Gasteiger partial charge is 0.252 e. The number of phenolic OH excluding ortho intramolecular Hbond substituents is 1. The largest absolute Gasteiger partial charge is 0.508 e. The molecule has 1 amide bonds. The van der Waals surface area contributed by atoms with Gasteiger partial charge in [-0.3, -0.25) is 4.79 Å². The molecule has 19 heavy (non-hydrogen) atoms. The van der Waals surface area contributed by atoms with Crippen LogP contribution in [0.2, 0.25) is 5.02 Å². The average Bonchev–Trinajstić information content (AvgIpc) is 2.88. The normalized spacial score (nSPS) is 17.4. The number of hydrogen-bond donors (Lipinski definition) is 3. The molecule has 2 rings (SSSR count). The molecule has 1 fully saturated rings. The third kappa shape index (κ3) is 3.19. The minimum absolute atomic E-state index is 0.0267. The van der Waals surface area contributed by atoms with E-state index in [2.05, 4.69) is 5.32 Å². The van der Waals surface area contributed by atoms with Crippen LogP contribution in [0.25, 0.3) is 0 Å². The van der Waals surface area contributed by atoms with E-state index >= 15 is 0 Å². The molecule has 0 saturated heterocycles. The molecule has 1 aromatic rings. The van der Waals surface area contributed by atoms with E-state index in [1.807, 2.05) is 0 Å². The summed E-state index contributed by atoms with van der Waals surface area (Å²) >= 11 is 5.96. The molecule has 0 unspecified atom stereocenters. The Morgan fingerprint density at radius 3 is 2.74 bits per heavy atom. The molecule has 1 aromatic carbocycles. The minimum atomic E-state index is -0.263. The molecular weight excluding hydrogens is 264 g/mol. The van der Waals surface area contributed by atoms with Crippen molar-refractivity contribution in [2.75, 3.05) is 13.1 Å². The van der Waals surface area contributed by atoms with Gasteiger partial charge in [-0.25, -0.2) is 0 Å². The van der Waals surface area contributed by atoms with E-state index in [9.17, 15) is 9.90 Å². The number of hydrogen-bond acceptors (Lipinski definition) is 3. The van der Waals surface area contributed by atoms with Crippen molar-refractivity contribution in [3.05, 3.63) is 28.8 Å². The van der Waals surface area contributed by atoms with E-state index in [1.54, 1.807) is 0 Å². The van der Waals surface area contributed by atoms with Gasteiger partial charge in [-0.2, -0.15) is 0 Å². The maximum atomic E-state index is 12.1. The highest BCUT2D eigenvalue weighted by molar-refractivity contribution is 6.33. The summed E-state index contributed by atoms with van der Waals surface area (Å²) in [5.41, 5.74) is 6.16. The monoisotopic (exact) mass is 282 g/mol. The summed E-state index contributed by atoms with van der Waals surface area (Å²) in [5.74, 6) is -0.232. The van der Waals surface area contributed by atoms with Gasteiger partial charge >= 0.3 is 0 Å². The van der Waals surface area contributed by atoms with Gasteiger partial charge in [0.25, 0.3) is 5.91 Å². The summed E-state index contributed by atoms with van der Waals surface area (Å²) in [6, 6.07) is 4.35. The summed E-state index contributed by atoms with van der Waals surface area (Å²) in [4.78, 5) is 12.1. The Labute approximate surface area is 117 Å². The number of amides is 1. The Hall–Kier alpha value is -1.26. The first-order chi connectivity index (χ1) is 9.06. The first kappa shape index (κ1) is 14.2. The van der Waals surface area contributed by atoms with Crippen LogP contribution in [-0.4, -0.2) is 24.1 Å². The Morgan fingerprint density at radius 1 is 1.42 bits per heavy atom. The van der Waals surface area contributed by atoms with Crippen molar-refractivity contribution in [3.63, 3.8) is 0 Å². The summed E-state index contributed by atoms with van der Waals surface area (Å²) in [5, 5.41) is 12.6. The molecule has 0 aromatic heterocycles. The number of halogens is 1. The van der Waals surface area contributed by atoms with Crippen LogP contribution >= 0.6 is 11.6 Å². The Morgan fingerprint density at radius 2 is 2.11 bits per heavy atom. The Balaban J connectivity index is 2.03. The van der Waals surface area contributed by atoms with Gasteiger partial charge in [0.05, 0.1) is 10.6 Å². The summed E-state index contributed by atoms with van der Waals surface area (Å²) in [6.07, 6.45) is 4.44. The molecular formula is C14H19ClN2O2. The number of phenols is 1. The van der Waals surface area contributed by atoms with Crippen molar-refractivity contribution in [2.45, 2.75) is 25.7 Å². The van der Waals surface area contributed by atoms with Crippen molar-refractivity contribution in [1.29, 1.82) is 0 Å². The fraction of sp³-hybridized carbons (Fsp3) is 0.500. The molecule has 0 atom stereocenters. The molecule has 0 bridgehead atoms. The quantitative estimate of drug-likeness (QED) is 0.793. The SMILES string of the molecule is NCC1(CNC(=O)c2cc(O)ccc2Cl)CCCC1. The number of benzene rings is 1. The van der Waals surface area contributed by atoms with E-state index in [4.69, 9.17) is 17.3 Å². The Bertz CT molecular complexity index is 471. The highest BCUT2D eigenvalue weighted by atomic mass is 35.5. The van der Waals surface area contributed by atoms with Crippen molar-refractivity contribution in [2.24, 2.45) is 11.1 Å². The predicted molar refractivity (Wildman–Crippen MR) is 75.4 cm³/mol. The van der Waals surface area contributed by atoms with Gasteiger partial charge in [0.1, 0.15) is 5.75 Å². The van der Waals surface area contributed by atoms with Gasteiger partial charge in [0.15, 0.2) is 0 Å². The van der Waals surface area contributed by atoms with Crippen LogP contribution in [0, 0.1) is 5.41 Å². The van der Waals surface area contributed by atoms with Gasteiger partial charge < -0.3 is 16.2 Å². The van der Waals surface area contributed by atoms with E-state index < -0.39 is 0 Å². The van der Waals surface area contributed by atoms with Gasteiger partial charge in [-0.1, -0.05) is 24.4 Å². The standard InChI is InChI=1S/C14H19ClN2O2/c15-12-4-3-10(18)7-11(12)13(19)17-9-14(8-16)5-1-2-6-14/h3-4,7,18H,1-2,5-6,8-9,16H2,(H,17,19). The van der Waals surface area contributed by atoms with Gasteiger partial charge in [-0.15, -0.1) is 0 Å². The van der Waals surface area contributed by atoms with Gasteiger partial charge in [0, 0.05) is 6.54 Å². The molecule has 4 nitrogen and oxygen atoms in total. The maximum absolute atomic E-state index is 12.1. The zero-order valence-corrected chi connectivity index (χ0v) is 11.5. The average molecular weight is 283 g/mol. The van der Waals surface area contributed by atoms with Crippen LogP contribution in [0.3, 0.4) is 0 Å². The van der Waals surface area contributed by atoms with E-state index in [0.29, 0.717) is 23.7 Å². The number of aromatic hydroxyl groups is 1. The molecule has 0 radical (unpaired) electrons. The van der Waals surface area contributed by atoms with E-state index in [-0.39, 0.29) is 17.1 Å². The molecule has 4 N–H and O–H groups in total. The highest BCUT2D eigenvalue weighted by Crippen LogP contribution is 2.36. The lowest BCUT2D eigenvalue weighted by Gasteiger charge is -2.27. The predicted octanol–water partition coefficient (Wildman–Crippen LogP) is 2.29. The molecule has 104 valence electrons. The first-order valence-corrected chi connectivity index (χ1v) is 6.91. The van der Waals surface area contributed by atoms with Gasteiger partial charge in [0.2, 0.25) is 0 Å². The third-order valence-corrected chi connectivity index (χ3v) is 4.25. The lowest BCUT2D eigenvalue weighted by atomic mass is 9.86. The van der Waals surface area contributed by atoms with Crippen LogP contribution in [0.5, 0.6) is 5.75 Å². The second-order valence-corrected chi connectivity index (χ2v) is 5.67. The number of nitrogens with two attached hydrogens (primary N) is 1. The van der Waals surface area contributed by atoms with Crippen molar-refractivity contribution in [3.8, 4) is 5.75 Å². The molecule has 0 spiro atoms.